The summed E-state index contributed by atoms with van der Waals surface area (Å²) in [7, 11) is 0. The Morgan fingerprint density at radius 1 is 1.03 bits per heavy atom. The lowest BCUT2D eigenvalue weighted by molar-refractivity contribution is -0.140. The number of amides is 2. The lowest BCUT2D eigenvalue weighted by Gasteiger charge is -2.17. The maximum Gasteiger partial charge on any atom is 0.289 e. The third kappa shape index (κ3) is 7.37. The van der Waals surface area contributed by atoms with Gasteiger partial charge in [-0.15, -0.1) is 0 Å². The fraction of sp³-hybridized carbons (Fsp3) is 0.364. The van der Waals surface area contributed by atoms with E-state index in [0.29, 0.717) is 17.9 Å². The molecule has 3 N–H and O–H groups in total. The van der Waals surface area contributed by atoms with Crippen molar-refractivity contribution >= 4 is 17.6 Å². The fourth-order valence-corrected chi connectivity index (χ4v) is 2.76. The van der Waals surface area contributed by atoms with Gasteiger partial charge in [0.25, 0.3) is 11.5 Å². The smallest absolute Gasteiger partial charge is 0.289 e. The molecule has 7 nitrogen and oxygen atoms in total. The second-order valence-electron chi connectivity index (χ2n) is 7.31. The van der Waals surface area contributed by atoms with Crippen LogP contribution in [0.15, 0.2) is 53.5 Å². The average molecular weight is 397 g/mol. The Bertz CT molecular complexity index is 890. The van der Waals surface area contributed by atoms with E-state index in [0.717, 1.165) is 5.56 Å². The minimum atomic E-state index is -1.10. The summed E-state index contributed by atoms with van der Waals surface area (Å²) >= 11 is 0. The molecule has 2 aromatic rings. The second-order valence-corrected chi connectivity index (χ2v) is 7.31. The molecule has 1 heterocycles. The lowest BCUT2D eigenvalue weighted by Crippen LogP contribution is -2.49. The molecule has 29 heavy (non-hydrogen) atoms. The van der Waals surface area contributed by atoms with Crippen LogP contribution in [0.25, 0.3) is 0 Å². The summed E-state index contributed by atoms with van der Waals surface area (Å²) in [4.78, 5) is 51.9. The van der Waals surface area contributed by atoms with Gasteiger partial charge >= 0.3 is 0 Å². The first-order valence-corrected chi connectivity index (χ1v) is 9.68. The van der Waals surface area contributed by atoms with Crippen LogP contribution in [0.2, 0.25) is 0 Å². The predicted molar refractivity (Wildman–Crippen MR) is 110 cm³/mol. The number of pyridine rings is 1. The molecule has 7 heteroatoms. The van der Waals surface area contributed by atoms with Gasteiger partial charge in [-0.25, -0.2) is 0 Å². The van der Waals surface area contributed by atoms with Crippen molar-refractivity contribution < 1.29 is 14.4 Å². The zero-order valence-corrected chi connectivity index (χ0v) is 16.7. The molecule has 2 amide bonds. The van der Waals surface area contributed by atoms with E-state index in [2.05, 4.69) is 15.6 Å². The van der Waals surface area contributed by atoms with Crippen LogP contribution >= 0.6 is 0 Å². The number of aromatic amines is 1. The van der Waals surface area contributed by atoms with E-state index >= 15 is 0 Å². The number of carbonyl (C=O) groups is 3. The zero-order chi connectivity index (χ0) is 21.2. The third-order valence-electron chi connectivity index (χ3n) is 4.44. The van der Waals surface area contributed by atoms with E-state index in [1.165, 1.54) is 6.20 Å². The number of benzene rings is 1. The Morgan fingerprint density at radius 2 is 1.76 bits per heavy atom. The molecule has 0 aliphatic rings. The first-order chi connectivity index (χ1) is 13.9. The molecule has 0 saturated carbocycles. The number of rotatable bonds is 10. The molecule has 1 unspecified atom stereocenters. The molecular formula is C22H27N3O4. The first kappa shape index (κ1) is 22.1. The first-order valence-electron chi connectivity index (χ1n) is 9.68. The standard InChI is InChI=1S/C22H27N3O4/c1-15(2)10-11-19(26)25-18(13-17-9-6-12-23-21(17)28)20(27)22(29)24-14-16-7-4-3-5-8-16/h3-9,12,15,18H,10-11,13-14H2,1-2H3,(H,23,28)(H,24,29)(H,25,26). The number of hydrogen-bond acceptors (Lipinski definition) is 4. The summed E-state index contributed by atoms with van der Waals surface area (Å²) < 4.78 is 0. The van der Waals surface area contributed by atoms with Gasteiger partial charge in [0.2, 0.25) is 11.7 Å². The van der Waals surface area contributed by atoms with Gasteiger partial charge in [-0.3, -0.25) is 19.2 Å². The fourth-order valence-electron chi connectivity index (χ4n) is 2.76. The molecule has 0 bridgehead atoms. The van der Waals surface area contributed by atoms with Crippen molar-refractivity contribution in [3.05, 3.63) is 70.1 Å². The van der Waals surface area contributed by atoms with E-state index in [1.54, 1.807) is 12.1 Å². The number of aromatic nitrogens is 1. The molecule has 0 fully saturated rings. The molecule has 0 radical (unpaired) electrons. The summed E-state index contributed by atoms with van der Waals surface area (Å²) in [6.07, 6.45) is 2.34. The number of ketones is 1. The number of H-pyrrole nitrogens is 1. The van der Waals surface area contributed by atoms with Gasteiger partial charge in [0.15, 0.2) is 0 Å². The maximum absolute atomic E-state index is 12.7. The van der Waals surface area contributed by atoms with E-state index in [1.807, 2.05) is 44.2 Å². The van der Waals surface area contributed by atoms with Gasteiger partial charge in [-0.2, -0.15) is 0 Å². The average Bonchev–Trinajstić information content (AvgIpc) is 2.71. The lowest BCUT2D eigenvalue weighted by atomic mass is 10.0. The van der Waals surface area contributed by atoms with Crippen molar-refractivity contribution in [3.8, 4) is 0 Å². The van der Waals surface area contributed by atoms with Crippen LogP contribution in [0.5, 0.6) is 0 Å². The normalized spacial score (nSPS) is 11.7. The van der Waals surface area contributed by atoms with Gasteiger partial charge < -0.3 is 15.6 Å². The monoisotopic (exact) mass is 397 g/mol. The molecule has 154 valence electrons. The van der Waals surface area contributed by atoms with Crippen LogP contribution < -0.4 is 16.2 Å². The Balaban J connectivity index is 2.08. The zero-order valence-electron chi connectivity index (χ0n) is 16.7. The number of hydrogen-bond donors (Lipinski definition) is 3. The molecule has 0 saturated heterocycles. The van der Waals surface area contributed by atoms with Crippen molar-refractivity contribution in [3.63, 3.8) is 0 Å². The number of Topliss-reactive ketones (excluding diaryl/α,β-unsaturated/α-hetero) is 1. The van der Waals surface area contributed by atoms with Crippen molar-refractivity contribution in [2.24, 2.45) is 5.92 Å². The number of nitrogens with one attached hydrogen (secondary N) is 3. The van der Waals surface area contributed by atoms with Crippen molar-refractivity contribution in [2.45, 2.75) is 45.7 Å². The second kappa shape index (κ2) is 10.9. The third-order valence-corrected chi connectivity index (χ3v) is 4.44. The van der Waals surface area contributed by atoms with Crippen LogP contribution in [-0.4, -0.2) is 28.6 Å². The predicted octanol–water partition coefficient (Wildman–Crippen LogP) is 1.72. The van der Waals surface area contributed by atoms with Crippen LogP contribution in [0.4, 0.5) is 0 Å². The minimum Gasteiger partial charge on any atom is -0.345 e. The van der Waals surface area contributed by atoms with Crippen LogP contribution in [0.1, 0.15) is 37.8 Å². The van der Waals surface area contributed by atoms with Gasteiger partial charge in [0, 0.05) is 31.1 Å². The molecule has 0 aliphatic carbocycles. The van der Waals surface area contributed by atoms with Gasteiger partial charge in [-0.1, -0.05) is 50.2 Å². The van der Waals surface area contributed by atoms with Crippen LogP contribution in [-0.2, 0) is 27.3 Å². The number of carbonyl (C=O) groups excluding carboxylic acids is 3. The largest absolute Gasteiger partial charge is 0.345 e. The Hall–Kier alpha value is -3.22. The van der Waals surface area contributed by atoms with E-state index in [4.69, 9.17) is 0 Å². The molecular weight excluding hydrogens is 370 g/mol. The van der Waals surface area contributed by atoms with Gasteiger partial charge in [-0.05, 0) is 24.0 Å². The summed E-state index contributed by atoms with van der Waals surface area (Å²) in [5, 5.41) is 5.20. The van der Waals surface area contributed by atoms with Crippen molar-refractivity contribution in [1.29, 1.82) is 0 Å². The Labute approximate surface area is 169 Å². The molecule has 1 atom stereocenters. The Kier molecular flexibility index (Phi) is 8.33. The highest BCUT2D eigenvalue weighted by Crippen LogP contribution is 2.06. The minimum absolute atomic E-state index is 0.0544. The summed E-state index contributed by atoms with van der Waals surface area (Å²) in [6.45, 7) is 4.19. The molecule has 0 spiro atoms. The van der Waals surface area contributed by atoms with E-state index in [9.17, 15) is 19.2 Å². The molecule has 1 aromatic carbocycles. The quantitative estimate of drug-likeness (QED) is 0.531. The van der Waals surface area contributed by atoms with Crippen molar-refractivity contribution in [2.75, 3.05) is 0 Å². The van der Waals surface area contributed by atoms with Gasteiger partial charge in [0.05, 0.1) is 0 Å². The van der Waals surface area contributed by atoms with Crippen molar-refractivity contribution in [1.82, 2.24) is 15.6 Å². The molecule has 0 aliphatic heterocycles. The molecule has 1 aromatic heterocycles. The van der Waals surface area contributed by atoms with E-state index < -0.39 is 17.7 Å². The maximum atomic E-state index is 12.7. The molecule has 2 rings (SSSR count). The highest BCUT2D eigenvalue weighted by Gasteiger charge is 2.27. The highest BCUT2D eigenvalue weighted by molar-refractivity contribution is 6.38. The SMILES string of the molecule is CC(C)CCC(=O)NC(Cc1ccc[nH]c1=O)C(=O)C(=O)NCc1ccccc1. The van der Waals surface area contributed by atoms with E-state index in [-0.39, 0.29) is 30.9 Å². The van der Waals surface area contributed by atoms with Gasteiger partial charge in [0.1, 0.15) is 6.04 Å². The van der Waals surface area contributed by atoms with Crippen LogP contribution in [0, 0.1) is 5.92 Å². The summed E-state index contributed by atoms with van der Waals surface area (Å²) in [6, 6.07) is 11.3. The summed E-state index contributed by atoms with van der Waals surface area (Å²) in [5.74, 6) is -1.56. The highest BCUT2D eigenvalue weighted by atomic mass is 16.2. The summed E-state index contributed by atoms with van der Waals surface area (Å²) in [5.41, 5.74) is 0.822. The Morgan fingerprint density at radius 3 is 2.41 bits per heavy atom. The van der Waals surface area contributed by atoms with Crippen LogP contribution in [0.3, 0.4) is 0 Å². The topological polar surface area (TPSA) is 108 Å².